The van der Waals surface area contributed by atoms with Gasteiger partial charge in [-0.05, 0) is 26.2 Å². The molecule has 0 aromatic rings. The predicted octanol–water partition coefficient (Wildman–Crippen LogP) is 2.63. The van der Waals surface area contributed by atoms with Crippen LogP contribution < -0.4 is 0 Å². The minimum absolute atomic E-state index is 0.0418. The van der Waals surface area contributed by atoms with Crippen LogP contribution in [0.15, 0.2) is 22.5 Å². The second-order valence-electron chi connectivity index (χ2n) is 6.20. The fourth-order valence-electron chi connectivity index (χ4n) is 2.56. The second kappa shape index (κ2) is 7.44. The summed E-state index contributed by atoms with van der Waals surface area (Å²) in [5.41, 5.74) is -0.779. The Morgan fingerprint density at radius 2 is 1.61 bits per heavy atom. The molecule has 0 amide bonds. The average Bonchev–Trinajstić information content (AvgIpc) is 2.41. The van der Waals surface area contributed by atoms with E-state index in [1.807, 2.05) is 13.8 Å². The largest absolute Gasteiger partial charge is 0.512 e. The van der Waals surface area contributed by atoms with E-state index in [4.69, 9.17) is 9.47 Å². The van der Waals surface area contributed by atoms with Crippen LogP contribution in [0, 0.1) is 5.41 Å². The summed E-state index contributed by atoms with van der Waals surface area (Å²) in [6, 6.07) is 0. The van der Waals surface area contributed by atoms with E-state index in [-0.39, 0.29) is 54.3 Å². The van der Waals surface area contributed by atoms with Gasteiger partial charge in [-0.3, -0.25) is 4.79 Å². The third kappa shape index (κ3) is 4.43. The molecule has 6 nitrogen and oxygen atoms in total. The highest BCUT2D eigenvalue weighted by atomic mass is 16.5. The van der Waals surface area contributed by atoms with Crippen molar-refractivity contribution >= 4 is 17.7 Å². The number of rotatable bonds is 5. The zero-order chi connectivity index (χ0) is 17.8. The van der Waals surface area contributed by atoms with E-state index < -0.39 is 17.4 Å². The molecule has 1 N–H and O–H groups in total. The van der Waals surface area contributed by atoms with Gasteiger partial charge in [-0.1, -0.05) is 13.8 Å². The monoisotopic (exact) mass is 324 g/mol. The zero-order valence-corrected chi connectivity index (χ0v) is 14.3. The summed E-state index contributed by atoms with van der Waals surface area (Å²) < 4.78 is 9.85. The number of aliphatic hydroxyl groups is 1. The summed E-state index contributed by atoms with van der Waals surface area (Å²) in [5, 5.41) is 10.3. The van der Waals surface area contributed by atoms with Crippen molar-refractivity contribution in [3.8, 4) is 0 Å². The van der Waals surface area contributed by atoms with Crippen LogP contribution in [-0.4, -0.2) is 36.0 Å². The van der Waals surface area contributed by atoms with Crippen LogP contribution in [-0.2, 0) is 23.9 Å². The first-order valence-electron chi connectivity index (χ1n) is 7.65. The van der Waals surface area contributed by atoms with Crippen molar-refractivity contribution in [2.24, 2.45) is 5.41 Å². The van der Waals surface area contributed by atoms with Gasteiger partial charge in [0, 0.05) is 18.4 Å². The summed E-state index contributed by atoms with van der Waals surface area (Å²) in [6.45, 7) is 8.57. The van der Waals surface area contributed by atoms with E-state index in [9.17, 15) is 19.5 Å². The summed E-state index contributed by atoms with van der Waals surface area (Å²) in [4.78, 5) is 36.7. The Bertz CT molecular complexity index is 580. The number of hydrogen-bond donors (Lipinski definition) is 1. The maximum atomic E-state index is 12.4. The molecule has 23 heavy (non-hydrogen) atoms. The smallest absolute Gasteiger partial charge is 0.339 e. The number of carbonyl (C=O) groups is 3. The molecule has 1 aliphatic rings. The lowest BCUT2D eigenvalue weighted by molar-refractivity contribution is -0.141. The van der Waals surface area contributed by atoms with Gasteiger partial charge in [0.2, 0.25) is 0 Å². The quantitative estimate of drug-likeness (QED) is 0.617. The molecule has 0 aliphatic heterocycles. The van der Waals surface area contributed by atoms with Gasteiger partial charge in [0.25, 0.3) is 0 Å². The van der Waals surface area contributed by atoms with Gasteiger partial charge in [0.05, 0.1) is 24.4 Å². The van der Waals surface area contributed by atoms with Gasteiger partial charge >= 0.3 is 11.9 Å². The lowest BCUT2D eigenvalue weighted by Gasteiger charge is -2.30. The Morgan fingerprint density at radius 1 is 1.09 bits per heavy atom. The Labute approximate surface area is 136 Å². The Hall–Kier alpha value is -2.11. The average molecular weight is 324 g/mol. The minimum atomic E-state index is -0.812. The van der Waals surface area contributed by atoms with E-state index in [0.717, 1.165) is 0 Å². The number of aliphatic hydroxyl groups excluding tert-OH is 1. The molecule has 0 heterocycles. The number of hydrogen-bond acceptors (Lipinski definition) is 6. The molecule has 1 aliphatic carbocycles. The zero-order valence-electron chi connectivity index (χ0n) is 14.3. The molecule has 6 heteroatoms. The predicted molar refractivity (Wildman–Crippen MR) is 83.6 cm³/mol. The number of ketones is 1. The molecule has 1 rings (SSSR count). The van der Waals surface area contributed by atoms with Crippen LogP contribution in [0.2, 0.25) is 0 Å². The van der Waals surface area contributed by atoms with Crippen molar-refractivity contribution in [2.45, 2.75) is 47.5 Å². The summed E-state index contributed by atoms with van der Waals surface area (Å²) in [6.07, 6.45) is 0.415. The Balaban J connectivity index is 3.47. The molecule has 0 spiro atoms. The molecule has 0 bridgehead atoms. The summed E-state index contributed by atoms with van der Waals surface area (Å²) >= 11 is 0. The number of carbonyl (C=O) groups excluding carboxylic acids is 3. The fraction of sp³-hybridized carbons (Fsp3) is 0.588. The highest BCUT2D eigenvalue weighted by Gasteiger charge is 2.38. The van der Waals surface area contributed by atoms with Gasteiger partial charge in [-0.25, -0.2) is 9.59 Å². The molecule has 0 fully saturated rings. The van der Waals surface area contributed by atoms with Gasteiger partial charge < -0.3 is 14.6 Å². The normalized spacial score (nSPS) is 18.4. The number of ether oxygens (including phenoxy) is 2. The third-order valence-electron chi connectivity index (χ3n) is 3.54. The highest BCUT2D eigenvalue weighted by Crippen LogP contribution is 2.39. The van der Waals surface area contributed by atoms with Crippen molar-refractivity contribution in [3.63, 3.8) is 0 Å². The molecule has 0 atom stereocenters. The summed E-state index contributed by atoms with van der Waals surface area (Å²) in [5.74, 6) is -2.11. The van der Waals surface area contributed by atoms with Crippen LogP contribution in [0.5, 0.6) is 0 Å². The molecule has 0 saturated heterocycles. The topological polar surface area (TPSA) is 89.9 Å². The van der Waals surface area contributed by atoms with Crippen molar-refractivity contribution in [1.82, 2.24) is 0 Å². The molecule has 0 saturated carbocycles. The second-order valence-corrected chi connectivity index (χ2v) is 6.20. The van der Waals surface area contributed by atoms with E-state index >= 15 is 0 Å². The molecule has 0 radical (unpaired) electrons. The van der Waals surface area contributed by atoms with Gasteiger partial charge in [-0.15, -0.1) is 0 Å². The number of allylic oxidation sites excluding steroid dienone is 1. The first-order chi connectivity index (χ1) is 10.6. The lowest BCUT2D eigenvalue weighted by atomic mass is 9.74. The molecular formula is C17H24O6. The standard InChI is InChI=1S/C17H24O6/c1-6-22-15(20)10(3)13(16(21)23-7-2)14-11(18)8-17(4,5)9-12(14)19/h18H,6-9H2,1-5H3. The van der Waals surface area contributed by atoms with Crippen molar-refractivity contribution in [3.05, 3.63) is 22.5 Å². The van der Waals surface area contributed by atoms with Crippen LogP contribution >= 0.6 is 0 Å². The maximum absolute atomic E-state index is 12.4. The van der Waals surface area contributed by atoms with Crippen LogP contribution in [0.4, 0.5) is 0 Å². The Kier molecular flexibility index (Phi) is 6.12. The first kappa shape index (κ1) is 18.9. The molecular weight excluding hydrogens is 300 g/mol. The number of esters is 2. The van der Waals surface area contributed by atoms with E-state index in [0.29, 0.717) is 0 Å². The Morgan fingerprint density at radius 3 is 2.09 bits per heavy atom. The van der Waals surface area contributed by atoms with Crippen LogP contribution in [0.1, 0.15) is 47.5 Å². The van der Waals surface area contributed by atoms with Gasteiger partial charge in [0.1, 0.15) is 5.76 Å². The molecule has 0 aromatic carbocycles. The first-order valence-corrected chi connectivity index (χ1v) is 7.65. The van der Waals surface area contributed by atoms with Gasteiger partial charge in [-0.2, -0.15) is 0 Å². The lowest BCUT2D eigenvalue weighted by Crippen LogP contribution is -2.30. The van der Waals surface area contributed by atoms with Crippen LogP contribution in [0.3, 0.4) is 0 Å². The third-order valence-corrected chi connectivity index (χ3v) is 3.54. The maximum Gasteiger partial charge on any atom is 0.339 e. The highest BCUT2D eigenvalue weighted by molar-refractivity contribution is 6.14. The van der Waals surface area contributed by atoms with Crippen molar-refractivity contribution < 1.29 is 29.0 Å². The molecule has 0 unspecified atom stereocenters. The van der Waals surface area contributed by atoms with E-state index in [2.05, 4.69) is 0 Å². The summed E-state index contributed by atoms with van der Waals surface area (Å²) in [7, 11) is 0. The van der Waals surface area contributed by atoms with Gasteiger partial charge in [0.15, 0.2) is 5.78 Å². The SMILES string of the molecule is CCOC(=O)C(C)=C(C(=O)OCC)C1=C(O)CC(C)(C)CC1=O. The van der Waals surface area contributed by atoms with Crippen molar-refractivity contribution in [1.29, 1.82) is 0 Å². The fourth-order valence-corrected chi connectivity index (χ4v) is 2.56. The van der Waals surface area contributed by atoms with Crippen molar-refractivity contribution in [2.75, 3.05) is 13.2 Å². The van der Waals surface area contributed by atoms with E-state index in [1.54, 1.807) is 13.8 Å². The van der Waals surface area contributed by atoms with Crippen LogP contribution in [0.25, 0.3) is 0 Å². The van der Waals surface area contributed by atoms with E-state index in [1.165, 1.54) is 6.92 Å². The molecule has 0 aromatic heterocycles. The minimum Gasteiger partial charge on any atom is -0.512 e. The molecule has 128 valence electrons. The number of Topliss-reactive ketones (excluding diaryl/α,β-unsaturated/α-hetero) is 1.